The van der Waals surface area contributed by atoms with Gasteiger partial charge in [-0.3, -0.25) is 4.79 Å². The molecule has 0 saturated carbocycles. The molecule has 0 radical (unpaired) electrons. The number of amides is 3. The van der Waals surface area contributed by atoms with E-state index in [0.717, 1.165) is 16.8 Å². The van der Waals surface area contributed by atoms with Crippen LogP contribution in [-0.4, -0.2) is 61.6 Å². The van der Waals surface area contributed by atoms with Crippen LogP contribution in [0.4, 0.5) is 10.5 Å². The van der Waals surface area contributed by atoms with Crippen molar-refractivity contribution in [3.05, 3.63) is 53.6 Å². The van der Waals surface area contributed by atoms with Gasteiger partial charge in [-0.2, -0.15) is 0 Å². The van der Waals surface area contributed by atoms with Crippen molar-refractivity contribution in [2.24, 2.45) is 5.92 Å². The summed E-state index contributed by atoms with van der Waals surface area (Å²) in [5.41, 5.74) is 2.70. The van der Waals surface area contributed by atoms with Gasteiger partial charge in [-0.25, -0.2) is 4.79 Å². The lowest BCUT2D eigenvalue weighted by Gasteiger charge is -2.43. The monoisotopic (exact) mass is 439 g/mol. The molecule has 3 rings (SSSR count). The van der Waals surface area contributed by atoms with E-state index >= 15 is 0 Å². The highest BCUT2D eigenvalue weighted by molar-refractivity contribution is 5.90. The van der Waals surface area contributed by atoms with Gasteiger partial charge in [0.15, 0.2) is 11.5 Å². The zero-order valence-corrected chi connectivity index (χ0v) is 19.6. The van der Waals surface area contributed by atoms with Gasteiger partial charge in [0.25, 0.3) is 0 Å². The van der Waals surface area contributed by atoms with Crippen molar-refractivity contribution in [3.8, 4) is 11.5 Å². The van der Waals surface area contributed by atoms with E-state index in [2.05, 4.69) is 19.2 Å². The molecular weight excluding hydrogens is 406 g/mol. The lowest BCUT2D eigenvalue weighted by Crippen LogP contribution is -2.59. The van der Waals surface area contributed by atoms with E-state index in [-0.39, 0.29) is 30.3 Å². The number of methoxy groups -OCH3 is 2. The first kappa shape index (κ1) is 23.4. The standard InChI is InChI=1S/C25H33N3O4/c1-17(2)21-16-27(24(29)15-19-10-11-22(31-4)23(14-19)32-5)12-13-28(21)25(30)26-20-9-7-6-8-18(20)3/h6-11,14,17,21H,12-13,15-16H2,1-5H3,(H,26,30). The number of carbonyl (C=O) groups excluding carboxylic acids is 2. The summed E-state index contributed by atoms with van der Waals surface area (Å²) in [6.07, 6.45) is 0.278. The molecule has 7 nitrogen and oxygen atoms in total. The Balaban J connectivity index is 1.67. The smallest absolute Gasteiger partial charge is 0.322 e. The third kappa shape index (κ3) is 5.33. The van der Waals surface area contributed by atoms with E-state index < -0.39 is 0 Å². The minimum Gasteiger partial charge on any atom is -0.493 e. The molecule has 1 saturated heterocycles. The molecule has 32 heavy (non-hydrogen) atoms. The summed E-state index contributed by atoms with van der Waals surface area (Å²) in [7, 11) is 3.17. The van der Waals surface area contributed by atoms with Crippen LogP contribution in [0.3, 0.4) is 0 Å². The second-order valence-corrected chi connectivity index (χ2v) is 8.46. The minimum atomic E-state index is -0.120. The predicted octanol–water partition coefficient (Wildman–Crippen LogP) is 3.96. The molecule has 1 unspecified atom stereocenters. The number of rotatable bonds is 6. The molecule has 1 aliphatic rings. The van der Waals surface area contributed by atoms with Gasteiger partial charge < -0.3 is 24.6 Å². The summed E-state index contributed by atoms with van der Waals surface area (Å²) in [6, 6.07) is 13.1. The van der Waals surface area contributed by atoms with Crippen molar-refractivity contribution in [1.29, 1.82) is 0 Å². The van der Waals surface area contributed by atoms with Crippen LogP contribution in [-0.2, 0) is 11.2 Å². The van der Waals surface area contributed by atoms with Gasteiger partial charge >= 0.3 is 6.03 Å². The molecule has 0 bridgehead atoms. The van der Waals surface area contributed by atoms with Gasteiger partial charge in [0, 0.05) is 25.3 Å². The fourth-order valence-electron chi connectivity index (χ4n) is 4.04. The third-order valence-electron chi connectivity index (χ3n) is 5.99. The van der Waals surface area contributed by atoms with Gasteiger partial charge in [-0.05, 0) is 42.2 Å². The molecule has 1 fully saturated rings. The molecule has 0 aliphatic carbocycles. The molecule has 1 N–H and O–H groups in total. The quantitative estimate of drug-likeness (QED) is 0.740. The number of anilines is 1. The second-order valence-electron chi connectivity index (χ2n) is 8.46. The Labute approximate surface area is 190 Å². The van der Waals surface area contributed by atoms with E-state index in [4.69, 9.17) is 9.47 Å². The van der Waals surface area contributed by atoms with Gasteiger partial charge in [0.1, 0.15) is 0 Å². The molecule has 2 aromatic rings. The van der Waals surface area contributed by atoms with Crippen LogP contribution in [0.25, 0.3) is 0 Å². The van der Waals surface area contributed by atoms with Crippen molar-refractivity contribution in [2.75, 3.05) is 39.2 Å². The largest absolute Gasteiger partial charge is 0.493 e. The lowest BCUT2D eigenvalue weighted by atomic mass is 9.99. The molecule has 0 spiro atoms. The van der Waals surface area contributed by atoms with Crippen molar-refractivity contribution in [3.63, 3.8) is 0 Å². The highest BCUT2D eigenvalue weighted by Gasteiger charge is 2.34. The molecule has 1 aliphatic heterocycles. The van der Waals surface area contributed by atoms with Gasteiger partial charge in [0.2, 0.25) is 5.91 Å². The topological polar surface area (TPSA) is 71.1 Å². The van der Waals surface area contributed by atoms with Crippen molar-refractivity contribution < 1.29 is 19.1 Å². The van der Waals surface area contributed by atoms with Crippen LogP contribution in [0.2, 0.25) is 0 Å². The second kappa shape index (κ2) is 10.4. The van der Waals surface area contributed by atoms with Gasteiger partial charge in [-0.1, -0.05) is 38.1 Å². The summed E-state index contributed by atoms with van der Waals surface area (Å²) in [5, 5.41) is 3.03. The number of para-hydroxylation sites is 1. The zero-order chi connectivity index (χ0) is 23.3. The van der Waals surface area contributed by atoms with E-state index in [9.17, 15) is 9.59 Å². The summed E-state index contributed by atoms with van der Waals surface area (Å²) < 4.78 is 10.6. The normalized spacial score (nSPS) is 16.1. The summed E-state index contributed by atoms with van der Waals surface area (Å²) in [4.78, 5) is 29.8. The number of urea groups is 1. The number of carbonyl (C=O) groups is 2. The van der Waals surface area contributed by atoms with Crippen LogP contribution in [0.15, 0.2) is 42.5 Å². The lowest BCUT2D eigenvalue weighted by molar-refractivity contribution is -0.133. The Morgan fingerprint density at radius 1 is 1.06 bits per heavy atom. The zero-order valence-electron chi connectivity index (χ0n) is 19.6. The first-order chi connectivity index (χ1) is 15.3. The van der Waals surface area contributed by atoms with E-state index in [1.807, 2.05) is 59.2 Å². The number of benzene rings is 2. The first-order valence-corrected chi connectivity index (χ1v) is 11.0. The Morgan fingerprint density at radius 3 is 2.44 bits per heavy atom. The number of hydrogen-bond donors (Lipinski definition) is 1. The predicted molar refractivity (Wildman–Crippen MR) is 125 cm³/mol. The van der Waals surface area contributed by atoms with Crippen molar-refractivity contribution in [1.82, 2.24) is 9.80 Å². The van der Waals surface area contributed by atoms with E-state index in [1.165, 1.54) is 0 Å². The Kier molecular flexibility index (Phi) is 7.62. The van der Waals surface area contributed by atoms with Crippen LogP contribution in [0.1, 0.15) is 25.0 Å². The molecule has 1 atom stereocenters. The number of piperazine rings is 1. The maximum absolute atomic E-state index is 13.0. The highest BCUT2D eigenvalue weighted by atomic mass is 16.5. The van der Waals surface area contributed by atoms with Crippen LogP contribution >= 0.6 is 0 Å². The Hall–Kier alpha value is -3.22. The molecule has 172 valence electrons. The van der Waals surface area contributed by atoms with Crippen LogP contribution < -0.4 is 14.8 Å². The van der Waals surface area contributed by atoms with Gasteiger partial charge in [-0.15, -0.1) is 0 Å². The van der Waals surface area contributed by atoms with Crippen molar-refractivity contribution in [2.45, 2.75) is 33.2 Å². The van der Waals surface area contributed by atoms with Crippen molar-refractivity contribution >= 4 is 17.6 Å². The maximum Gasteiger partial charge on any atom is 0.322 e. The molecule has 2 aromatic carbocycles. The fourth-order valence-corrected chi connectivity index (χ4v) is 4.04. The Morgan fingerprint density at radius 2 is 1.78 bits per heavy atom. The van der Waals surface area contributed by atoms with Crippen LogP contribution in [0.5, 0.6) is 11.5 Å². The number of ether oxygens (including phenoxy) is 2. The maximum atomic E-state index is 13.0. The summed E-state index contributed by atoms with van der Waals surface area (Å²) >= 11 is 0. The molecule has 1 heterocycles. The molecular formula is C25H33N3O4. The minimum absolute atomic E-state index is 0.0434. The Bertz CT molecular complexity index is 960. The van der Waals surface area contributed by atoms with E-state index in [1.54, 1.807) is 14.2 Å². The fraction of sp³-hybridized carbons (Fsp3) is 0.440. The first-order valence-electron chi connectivity index (χ1n) is 11.0. The average molecular weight is 440 g/mol. The van der Waals surface area contributed by atoms with E-state index in [0.29, 0.717) is 31.1 Å². The molecule has 3 amide bonds. The number of nitrogens with zero attached hydrogens (tertiary/aromatic N) is 2. The summed E-state index contributed by atoms with van der Waals surface area (Å²) in [6.45, 7) is 7.67. The number of aryl methyl sites for hydroxylation is 1. The highest BCUT2D eigenvalue weighted by Crippen LogP contribution is 2.28. The molecule has 7 heteroatoms. The van der Waals surface area contributed by atoms with Crippen LogP contribution in [0, 0.1) is 12.8 Å². The number of nitrogens with one attached hydrogen (secondary N) is 1. The SMILES string of the molecule is COc1ccc(CC(=O)N2CCN(C(=O)Nc3ccccc3C)C(C(C)C)C2)cc1OC. The third-order valence-corrected chi connectivity index (χ3v) is 5.99. The number of hydrogen-bond acceptors (Lipinski definition) is 4. The van der Waals surface area contributed by atoms with Gasteiger partial charge in [0.05, 0.1) is 26.7 Å². The molecule has 0 aromatic heterocycles. The average Bonchev–Trinajstić information content (AvgIpc) is 2.79. The summed E-state index contributed by atoms with van der Waals surface area (Å²) in [5.74, 6) is 1.50.